The molecule has 9 heteroatoms. The van der Waals surface area contributed by atoms with E-state index < -0.39 is 22.1 Å². The molecule has 0 saturated heterocycles. The first-order valence-electron chi connectivity index (χ1n) is 6.22. The fourth-order valence-electron chi connectivity index (χ4n) is 1.88. The first-order valence-corrected chi connectivity index (χ1v) is 6.22. The Morgan fingerprint density at radius 1 is 1.43 bits per heavy atom. The van der Waals surface area contributed by atoms with E-state index in [4.69, 9.17) is 5.26 Å². The minimum Gasteiger partial charge on any atom is -0.505 e. The number of nitro benzene ring substituents is 1. The molecule has 0 unspecified atom stereocenters. The minimum absolute atomic E-state index is 0.0270. The van der Waals surface area contributed by atoms with Crippen LogP contribution < -0.4 is 5.56 Å². The molecular formula is C14H10N4O5. The van der Waals surface area contributed by atoms with Gasteiger partial charge in [0.05, 0.1) is 16.6 Å². The van der Waals surface area contributed by atoms with Crippen LogP contribution in [-0.2, 0) is 0 Å². The van der Waals surface area contributed by atoms with Gasteiger partial charge in [-0.1, -0.05) is 0 Å². The number of aliphatic imine (C=N–C) groups is 1. The number of aromatic amines is 1. The summed E-state index contributed by atoms with van der Waals surface area (Å²) >= 11 is 0. The summed E-state index contributed by atoms with van der Waals surface area (Å²) in [6.07, 6.45) is 1.14. The molecule has 0 radical (unpaired) electrons. The molecule has 1 aromatic heterocycles. The molecule has 116 valence electrons. The number of H-pyrrole nitrogens is 1. The largest absolute Gasteiger partial charge is 0.505 e. The van der Waals surface area contributed by atoms with Crippen LogP contribution in [0.15, 0.2) is 28.0 Å². The van der Waals surface area contributed by atoms with Crippen LogP contribution in [0.4, 0.5) is 11.4 Å². The van der Waals surface area contributed by atoms with E-state index in [2.05, 4.69) is 9.98 Å². The smallest absolute Gasteiger partial charge is 0.273 e. The third kappa shape index (κ3) is 3.01. The number of rotatable bonds is 3. The van der Waals surface area contributed by atoms with E-state index in [1.54, 1.807) is 6.07 Å². The normalized spacial score (nSPS) is 10.6. The fourth-order valence-corrected chi connectivity index (χ4v) is 1.88. The number of phenolic OH excluding ortho intramolecular Hbond substituents is 1. The number of non-ortho nitro benzene ring substituents is 1. The van der Waals surface area contributed by atoms with Crippen LogP contribution in [0, 0.1) is 28.4 Å². The van der Waals surface area contributed by atoms with Crippen molar-refractivity contribution in [1.29, 1.82) is 5.26 Å². The van der Waals surface area contributed by atoms with Gasteiger partial charge in [-0.3, -0.25) is 24.9 Å². The number of hydrogen-bond acceptors (Lipinski definition) is 7. The van der Waals surface area contributed by atoms with Gasteiger partial charge in [-0.05, 0) is 18.6 Å². The second-order valence-electron chi connectivity index (χ2n) is 4.52. The number of pyridine rings is 1. The van der Waals surface area contributed by atoms with Crippen molar-refractivity contribution in [1.82, 2.24) is 4.98 Å². The van der Waals surface area contributed by atoms with E-state index in [1.807, 2.05) is 0 Å². The predicted molar refractivity (Wildman–Crippen MR) is 80.2 cm³/mol. The zero-order chi connectivity index (χ0) is 17.1. The van der Waals surface area contributed by atoms with Gasteiger partial charge < -0.3 is 10.2 Å². The molecule has 0 atom stereocenters. The summed E-state index contributed by atoms with van der Waals surface area (Å²) in [5.41, 5.74) is -0.844. The van der Waals surface area contributed by atoms with E-state index >= 15 is 0 Å². The first kappa shape index (κ1) is 15.7. The maximum Gasteiger partial charge on any atom is 0.273 e. The Balaban J connectivity index is 2.48. The van der Waals surface area contributed by atoms with Crippen LogP contribution in [-0.4, -0.2) is 26.3 Å². The summed E-state index contributed by atoms with van der Waals surface area (Å²) in [5.74, 6) is -0.894. The number of hydrogen-bond donors (Lipinski definition) is 3. The highest BCUT2D eigenvalue weighted by Gasteiger charge is 2.13. The van der Waals surface area contributed by atoms with E-state index in [-0.39, 0.29) is 28.1 Å². The van der Waals surface area contributed by atoms with Crippen LogP contribution in [0.1, 0.15) is 16.7 Å². The third-order valence-corrected chi connectivity index (χ3v) is 3.11. The Bertz CT molecular complexity index is 924. The molecule has 0 aliphatic heterocycles. The Hall–Kier alpha value is -3.67. The quantitative estimate of drug-likeness (QED) is 0.444. The van der Waals surface area contributed by atoms with Crippen LogP contribution in [0.3, 0.4) is 0 Å². The maximum absolute atomic E-state index is 11.5. The zero-order valence-corrected chi connectivity index (χ0v) is 11.8. The highest BCUT2D eigenvalue weighted by Crippen LogP contribution is 2.30. The van der Waals surface area contributed by atoms with Gasteiger partial charge in [-0.15, -0.1) is 0 Å². The summed E-state index contributed by atoms with van der Waals surface area (Å²) < 4.78 is 0. The number of nitrogens with one attached hydrogen (secondary N) is 1. The summed E-state index contributed by atoms with van der Waals surface area (Å²) in [6.45, 7) is 1.46. The minimum atomic E-state index is -0.724. The van der Waals surface area contributed by atoms with Crippen molar-refractivity contribution < 1.29 is 15.1 Å². The van der Waals surface area contributed by atoms with Crippen molar-refractivity contribution in [2.45, 2.75) is 6.92 Å². The SMILES string of the molecule is Cc1c(C=Nc2ccc([N+](=O)[O-])cc2O)c(O)[nH]c(=O)c1C#N. The van der Waals surface area contributed by atoms with Gasteiger partial charge in [0.25, 0.3) is 11.2 Å². The summed E-state index contributed by atoms with van der Waals surface area (Å²) in [6, 6.07) is 5.05. The summed E-state index contributed by atoms with van der Waals surface area (Å²) in [7, 11) is 0. The van der Waals surface area contributed by atoms with Crippen LogP contribution in [0.5, 0.6) is 11.6 Å². The Labute approximate surface area is 128 Å². The van der Waals surface area contributed by atoms with Crippen molar-refractivity contribution in [2.75, 3.05) is 0 Å². The molecule has 2 aromatic rings. The van der Waals surface area contributed by atoms with Crippen LogP contribution in [0.2, 0.25) is 0 Å². The first-order chi connectivity index (χ1) is 10.8. The van der Waals surface area contributed by atoms with Gasteiger partial charge in [0.1, 0.15) is 23.1 Å². The molecule has 1 aromatic carbocycles. The molecule has 23 heavy (non-hydrogen) atoms. The van der Waals surface area contributed by atoms with E-state index in [0.29, 0.717) is 0 Å². The molecule has 0 aliphatic carbocycles. The second kappa shape index (κ2) is 5.98. The standard InChI is InChI=1S/C14H10N4O5/c1-7-9(5-15)13(20)17-14(21)10(7)6-16-11-3-2-8(18(22)23)4-12(11)19/h2-4,6,19H,1H3,(H2,17,20,21). The second-order valence-corrected chi connectivity index (χ2v) is 4.52. The number of phenols is 1. The molecule has 0 fully saturated rings. The highest BCUT2D eigenvalue weighted by molar-refractivity contribution is 5.87. The average molecular weight is 314 g/mol. The summed E-state index contributed by atoms with van der Waals surface area (Å²) in [5, 5.41) is 39.0. The summed E-state index contributed by atoms with van der Waals surface area (Å²) in [4.78, 5) is 27.4. The Morgan fingerprint density at radius 2 is 2.13 bits per heavy atom. The molecule has 0 spiro atoms. The number of aromatic hydroxyl groups is 2. The monoisotopic (exact) mass is 314 g/mol. The van der Waals surface area contributed by atoms with Gasteiger partial charge in [0.2, 0.25) is 5.88 Å². The topological polar surface area (TPSA) is 153 Å². The number of aromatic nitrogens is 1. The predicted octanol–water partition coefficient (Wildman–Crippen LogP) is 1.62. The number of benzene rings is 1. The van der Waals surface area contributed by atoms with Crippen LogP contribution in [0.25, 0.3) is 0 Å². The van der Waals surface area contributed by atoms with Gasteiger partial charge in [-0.2, -0.15) is 5.26 Å². The lowest BCUT2D eigenvalue weighted by molar-refractivity contribution is -0.384. The van der Waals surface area contributed by atoms with Crippen molar-refractivity contribution in [2.24, 2.45) is 4.99 Å². The van der Waals surface area contributed by atoms with Crippen molar-refractivity contribution >= 4 is 17.6 Å². The molecule has 9 nitrogen and oxygen atoms in total. The fraction of sp³-hybridized carbons (Fsp3) is 0.0714. The Morgan fingerprint density at radius 3 is 2.70 bits per heavy atom. The number of nitriles is 1. The van der Waals surface area contributed by atoms with E-state index in [0.717, 1.165) is 18.3 Å². The molecule has 0 saturated carbocycles. The lowest BCUT2D eigenvalue weighted by Crippen LogP contribution is -2.14. The average Bonchev–Trinajstić information content (AvgIpc) is 2.48. The van der Waals surface area contributed by atoms with E-state index in [1.165, 1.54) is 13.0 Å². The zero-order valence-electron chi connectivity index (χ0n) is 11.8. The Kier molecular flexibility index (Phi) is 4.09. The third-order valence-electron chi connectivity index (χ3n) is 3.11. The maximum atomic E-state index is 11.5. The molecular weight excluding hydrogens is 304 g/mol. The van der Waals surface area contributed by atoms with Gasteiger partial charge in [-0.25, -0.2) is 0 Å². The van der Waals surface area contributed by atoms with Crippen molar-refractivity contribution in [3.63, 3.8) is 0 Å². The van der Waals surface area contributed by atoms with Gasteiger partial charge >= 0.3 is 0 Å². The van der Waals surface area contributed by atoms with Crippen LogP contribution >= 0.6 is 0 Å². The van der Waals surface area contributed by atoms with Crippen molar-refractivity contribution in [3.8, 4) is 17.7 Å². The number of nitro groups is 1. The molecule has 1 heterocycles. The van der Waals surface area contributed by atoms with Crippen molar-refractivity contribution in [3.05, 3.63) is 55.4 Å². The molecule has 3 N–H and O–H groups in total. The van der Waals surface area contributed by atoms with E-state index in [9.17, 15) is 25.1 Å². The molecule has 0 amide bonds. The number of nitrogens with zero attached hydrogens (tertiary/aromatic N) is 3. The lowest BCUT2D eigenvalue weighted by Gasteiger charge is -2.05. The highest BCUT2D eigenvalue weighted by atomic mass is 16.6. The molecule has 0 aliphatic rings. The molecule has 0 bridgehead atoms. The lowest BCUT2D eigenvalue weighted by atomic mass is 10.1. The van der Waals surface area contributed by atoms with Gasteiger partial charge in [0.15, 0.2) is 0 Å². The van der Waals surface area contributed by atoms with Gasteiger partial charge in [0, 0.05) is 12.3 Å². The molecule has 2 rings (SSSR count).